The third-order valence-corrected chi connectivity index (χ3v) is 5.23. The molecule has 0 aromatic heterocycles. The molecule has 0 heterocycles. The smallest absolute Gasteiger partial charge is 0.261 e. The summed E-state index contributed by atoms with van der Waals surface area (Å²) in [6.07, 6.45) is 0. The number of nitrogens with one attached hydrogen (secondary N) is 3. The fraction of sp³-hybridized carbons (Fsp3) is 0. The maximum absolute atomic E-state index is 13.6. The number of benzene rings is 3. The highest BCUT2D eigenvalue weighted by Gasteiger charge is 2.14. The van der Waals surface area contributed by atoms with Gasteiger partial charge in [0, 0.05) is 17.4 Å². The van der Waals surface area contributed by atoms with Crippen molar-refractivity contribution in [3.05, 3.63) is 84.4 Å². The van der Waals surface area contributed by atoms with Crippen LogP contribution in [0, 0.1) is 11.6 Å². The van der Waals surface area contributed by atoms with Crippen molar-refractivity contribution >= 4 is 44.4 Å². The second-order valence-corrected chi connectivity index (χ2v) is 7.79. The number of rotatable bonds is 5. The average molecular weight is 419 g/mol. The highest BCUT2D eigenvalue weighted by atomic mass is 32.2. The van der Waals surface area contributed by atoms with Gasteiger partial charge in [0.1, 0.15) is 11.6 Å². The predicted octanol–water partition coefficient (Wildman–Crippen LogP) is 4.57. The molecule has 144 valence electrons. The Kier molecular flexibility index (Phi) is 5.86. The molecule has 0 bridgehead atoms. The van der Waals surface area contributed by atoms with Crippen LogP contribution in [0.5, 0.6) is 0 Å². The summed E-state index contributed by atoms with van der Waals surface area (Å²) in [5.74, 6) is -1.47. The van der Waals surface area contributed by atoms with Gasteiger partial charge in [0.15, 0.2) is 5.11 Å². The molecule has 0 spiro atoms. The Morgan fingerprint density at radius 1 is 0.821 bits per heavy atom. The van der Waals surface area contributed by atoms with E-state index in [0.29, 0.717) is 11.4 Å². The molecule has 3 N–H and O–H groups in total. The van der Waals surface area contributed by atoms with E-state index in [1.54, 1.807) is 30.3 Å². The number of sulfonamides is 1. The second kappa shape index (κ2) is 8.32. The minimum Gasteiger partial charge on any atom is -0.332 e. The minimum absolute atomic E-state index is 0.0187. The maximum Gasteiger partial charge on any atom is 0.261 e. The molecular formula is C19H15F2N3O2S2. The Balaban J connectivity index is 1.66. The van der Waals surface area contributed by atoms with Gasteiger partial charge in [-0.15, -0.1) is 0 Å². The lowest BCUT2D eigenvalue weighted by Gasteiger charge is -2.12. The van der Waals surface area contributed by atoms with E-state index in [1.165, 1.54) is 30.3 Å². The summed E-state index contributed by atoms with van der Waals surface area (Å²) in [6, 6.07) is 17.5. The molecule has 3 aromatic rings. The zero-order valence-electron chi connectivity index (χ0n) is 14.3. The minimum atomic E-state index is -3.73. The van der Waals surface area contributed by atoms with Gasteiger partial charge in [0.05, 0.1) is 10.6 Å². The molecule has 0 radical (unpaired) electrons. The first-order valence-corrected chi connectivity index (χ1v) is 9.94. The average Bonchev–Trinajstić information content (AvgIpc) is 2.65. The van der Waals surface area contributed by atoms with Crippen LogP contribution in [0.15, 0.2) is 77.7 Å². The Labute approximate surface area is 166 Å². The molecule has 3 aromatic carbocycles. The van der Waals surface area contributed by atoms with Crippen LogP contribution in [-0.4, -0.2) is 13.5 Å². The molecule has 28 heavy (non-hydrogen) atoms. The number of hydrogen-bond acceptors (Lipinski definition) is 3. The van der Waals surface area contributed by atoms with Gasteiger partial charge in [-0.2, -0.15) is 0 Å². The van der Waals surface area contributed by atoms with Gasteiger partial charge in [-0.05, 0) is 60.7 Å². The third-order valence-electron chi connectivity index (χ3n) is 3.63. The first kappa shape index (κ1) is 19.7. The molecule has 3 rings (SSSR count). The lowest BCUT2D eigenvalue weighted by molar-refractivity contribution is 0.586. The summed E-state index contributed by atoms with van der Waals surface area (Å²) in [4.78, 5) is 0.0744. The SMILES string of the molecule is O=S(=O)(Nc1ccccc1)c1ccc(NC(=S)Nc2ccc(F)cc2F)cc1. The molecular weight excluding hydrogens is 404 g/mol. The van der Waals surface area contributed by atoms with Crippen LogP contribution >= 0.6 is 12.2 Å². The van der Waals surface area contributed by atoms with Gasteiger partial charge in [0.25, 0.3) is 10.0 Å². The van der Waals surface area contributed by atoms with Gasteiger partial charge >= 0.3 is 0 Å². The maximum atomic E-state index is 13.6. The van der Waals surface area contributed by atoms with E-state index in [0.717, 1.165) is 12.1 Å². The molecule has 0 aliphatic carbocycles. The van der Waals surface area contributed by atoms with E-state index in [4.69, 9.17) is 12.2 Å². The lowest BCUT2D eigenvalue weighted by atomic mass is 10.3. The summed E-state index contributed by atoms with van der Waals surface area (Å²) in [5.41, 5.74) is 0.972. The summed E-state index contributed by atoms with van der Waals surface area (Å²) < 4.78 is 53.9. The lowest BCUT2D eigenvalue weighted by Crippen LogP contribution is -2.20. The summed E-state index contributed by atoms with van der Waals surface area (Å²) in [6.45, 7) is 0. The van der Waals surface area contributed by atoms with Crippen LogP contribution in [-0.2, 0) is 10.0 Å². The normalized spacial score (nSPS) is 10.9. The monoisotopic (exact) mass is 419 g/mol. The highest BCUT2D eigenvalue weighted by Crippen LogP contribution is 2.19. The van der Waals surface area contributed by atoms with Crippen molar-refractivity contribution in [3.63, 3.8) is 0 Å². The van der Waals surface area contributed by atoms with Crippen LogP contribution in [0.25, 0.3) is 0 Å². The first-order valence-electron chi connectivity index (χ1n) is 8.04. The van der Waals surface area contributed by atoms with E-state index >= 15 is 0 Å². The van der Waals surface area contributed by atoms with E-state index in [1.807, 2.05) is 0 Å². The molecule has 0 aliphatic heterocycles. The van der Waals surface area contributed by atoms with Crippen molar-refractivity contribution in [1.29, 1.82) is 0 Å². The number of para-hydroxylation sites is 1. The van der Waals surface area contributed by atoms with Crippen LogP contribution in [0.3, 0.4) is 0 Å². The third kappa shape index (κ3) is 5.02. The van der Waals surface area contributed by atoms with Crippen molar-refractivity contribution in [2.75, 3.05) is 15.4 Å². The van der Waals surface area contributed by atoms with Crippen molar-refractivity contribution in [2.24, 2.45) is 0 Å². The van der Waals surface area contributed by atoms with Crippen LogP contribution in [0.1, 0.15) is 0 Å². The van der Waals surface area contributed by atoms with Crippen LogP contribution in [0.2, 0.25) is 0 Å². The second-order valence-electron chi connectivity index (χ2n) is 5.70. The molecule has 9 heteroatoms. The summed E-state index contributed by atoms with van der Waals surface area (Å²) in [5, 5.41) is 5.49. The number of hydrogen-bond donors (Lipinski definition) is 3. The summed E-state index contributed by atoms with van der Waals surface area (Å²) in [7, 11) is -3.73. The molecule has 0 amide bonds. The van der Waals surface area contributed by atoms with Crippen molar-refractivity contribution in [3.8, 4) is 0 Å². The molecule has 0 aliphatic rings. The molecule has 0 saturated heterocycles. The first-order chi connectivity index (χ1) is 13.3. The van der Waals surface area contributed by atoms with Gasteiger partial charge < -0.3 is 10.6 Å². The summed E-state index contributed by atoms with van der Waals surface area (Å²) >= 11 is 5.09. The fourth-order valence-corrected chi connectivity index (χ4v) is 3.60. The molecule has 0 fully saturated rings. The van der Waals surface area contributed by atoms with E-state index in [9.17, 15) is 17.2 Å². The standard InChI is InChI=1S/C19H15F2N3O2S2/c20-13-6-11-18(17(21)12-13)23-19(27)22-14-7-9-16(10-8-14)28(25,26)24-15-4-2-1-3-5-15/h1-12,24H,(H2,22,23,27). The molecule has 0 saturated carbocycles. The highest BCUT2D eigenvalue weighted by molar-refractivity contribution is 7.92. The van der Waals surface area contributed by atoms with E-state index in [-0.39, 0.29) is 15.7 Å². The van der Waals surface area contributed by atoms with Crippen molar-refractivity contribution in [2.45, 2.75) is 4.90 Å². The van der Waals surface area contributed by atoms with Crippen LogP contribution in [0.4, 0.5) is 25.8 Å². The number of anilines is 3. The Morgan fingerprint density at radius 3 is 2.14 bits per heavy atom. The number of halogens is 2. The molecule has 0 unspecified atom stereocenters. The fourth-order valence-electron chi connectivity index (χ4n) is 2.31. The van der Waals surface area contributed by atoms with Gasteiger partial charge in [0.2, 0.25) is 0 Å². The van der Waals surface area contributed by atoms with Crippen molar-refractivity contribution in [1.82, 2.24) is 0 Å². The Bertz CT molecular complexity index is 1090. The Hall–Kier alpha value is -3.04. The van der Waals surface area contributed by atoms with E-state index < -0.39 is 21.7 Å². The largest absolute Gasteiger partial charge is 0.332 e. The van der Waals surface area contributed by atoms with Crippen LogP contribution < -0.4 is 15.4 Å². The Morgan fingerprint density at radius 2 is 1.50 bits per heavy atom. The molecule has 5 nitrogen and oxygen atoms in total. The van der Waals surface area contributed by atoms with Crippen molar-refractivity contribution < 1.29 is 17.2 Å². The molecule has 0 atom stereocenters. The number of thiocarbonyl (C=S) groups is 1. The van der Waals surface area contributed by atoms with Gasteiger partial charge in [-0.1, -0.05) is 18.2 Å². The topological polar surface area (TPSA) is 70.2 Å². The van der Waals surface area contributed by atoms with Gasteiger partial charge in [-0.25, -0.2) is 17.2 Å². The zero-order chi connectivity index (χ0) is 20.1. The van der Waals surface area contributed by atoms with E-state index in [2.05, 4.69) is 15.4 Å². The predicted molar refractivity (Wildman–Crippen MR) is 110 cm³/mol. The van der Waals surface area contributed by atoms with Gasteiger partial charge in [-0.3, -0.25) is 4.72 Å². The quantitative estimate of drug-likeness (QED) is 0.529. The zero-order valence-corrected chi connectivity index (χ0v) is 16.0.